The summed E-state index contributed by atoms with van der Waals surface area (Å²) in [6, 6.07) is 8.72. The summed E-state index contributed by atoms with van der Waals surface area (Å²) in [6.07, 6.45) is 0. The Hall–Kier alpha value is -1.32. The number of nitrogens with zero attached hydrogens (tertiary/aromatic N) is 2. The van der Waals surface area contributed by atoms with Crippen molar-refractivity contribution in [2.24, 2.45) is 0 Å². The summed E-state index contributed by atoms with van der Waals surface area (Å²) in [4.78, 5) is 5.05. The fourth-order valence-corrected chi connectivity index (χ4v) is 2.48. The van der Waals surface area contributed by atoms with Gasteiger partial charge in [-0.15, -0.1) is 0 Å². The van der Waals surface area contributed by atoms with E-state index in [0.29, 0.717) is 0 Å². The number of piperazine rings is 1. The zero-order valence-corrected chi connectivity index (χ0v) is 12.2. The maximum atomic E-state index is 3.98. The largest absolute Gasteiger partial charge is 0.388 e. The molecule has 0 radical (unpaired) electrons. The smallest absolute Gasteiger partial charge is 0.0338 e. The average molecular weight is 259 g/mol. The summed E-state index contributed by atoms with van der Waals surface area (Å²) in [5, 5.41) is 3.08. The molecule has 0 bridgehead atoms. The minimum atomic E-state index is 0.975. The fraction of sp³-hybridized carbons (Fsp3) is 0.500. The number of benzene rings is 1. The van der Waals surface area contributed by atoms with Crippen LogP contribution in [0, 0.1) is 0 Å². The van der Waals surface area contributed by atoms with Crippen molar-refractivity contribution in [1.29, 1.82) is 0 Å². The third-order valence-corrected chi connectivity index (χ3v) is 3.92. The molecule has 0 aliphatic carbocycles. The summed E-state index contributed by atoms with van der Waals surface area (Å²) < 4.78 is 0. The normalized spacial score (nSPS) is 17.4. The first-order chi connectivity index (χ1) is 9.22. The molecule has 0 saturated carbocycles. The van der Waals surface area contributed by atoms with Crippen LogP contribution in [0.5, 0.6) is 0 Å². The van der Waals surface area contributed by atoms with Crippen molar-refractivity contribution in [1.82, 2.24) is 15.1 Å². The molecule has 3 heteroatoms. The quantitative estimate of drug-likeness (QED) is 0.873. The lowest BCUT2D eigenvalue weighted by Gasteiger charge is -2.34. The van der Waals surface area contributed by atoms with Crippen LogP contribution in [0.25, 0.3) is 5.70 Å². The first-order valence-corrected chi connectivity index (χ1v) is 7.13. The molecular weight excluding hydrogens is 234 g/mol. The summed E-state index contributed by atoms with van der Waals surface area (Å²) in [5.74, 6) is 0. The second-order valence-electron chi connectivity index (χ2n) is 5.14. The van der Waals surface area contributed by atoms with Gasteiger partial charge in [-0.05, 0) is 17.7 Å². The summed E-state index contributed by atoms with van der Waals surface area (Å²) >= 11 is 0. The molecule has 0 unspecified atom stereocenters. The predicted molar refractivity (Wildman–Crippen MR) is 81.9 cm³/mol. The highest BCUT2D eigenvalue weighted by atomic mass is 15.3. The van der Waals surface area contributed by atoms with Gasteiger partial charge in [0.25, 0.3) is 0 Å². The number of hydrogen-bond donors (Lipinski definition) is 1. The van der Waals surface area contributed by atoms with E-state index in [1.165, 1.54) is 43.9 Å². The number of rotatable bonds is 5. The first kappa shape index (κ1) is 14.1. The Labute approximate surface area is 116 Å². The van der Waals surface area contributed by atoms with E-state index in [-0.39, 0.29) is 0 Å². The van der Waals surface area contributed by atoms with Gasteiger partial charge in [-0.3, -0.25) is 4.90 Å². The third-order valence-electron chi connectivity index (χ3n) is 3.92. The van der Waals surface area contributed by atoms with E-state index in [1.54, 1.807) is 0 Å². The highest BCUT2D eigenvalue weighted by molar-refractivity contribution is 5.61. The molecule has 1 aliphatic rings. The highest BCUT2D eigenvalue weighted by Crippen LogP contribution is 2.13. The van der Waals surface area contributed by atoms with Gasteiger partial charge in [-0.2, -0.15) is 0 Å². The number of hydrogen-bond acceptors (Lipinski definition) is 3. The Morgan fingerprint density at radius 1 is 1.11 bits per heavy atom. The van der Waals surface area contributed by atoms with Gasteiger partial charge in [-0.1, -0.05) is 37.8 Å². The molecule has 3 nitrogen and oxygen atoms in total. The van der Waals surface area contributed by atoms with Crippen LogP contribution >= 0.6 is 0 Å². The van der Waals surface area contributed by atoms with Gasteiger partial charge in [0.1, 0.15) is 0 Å². The second-order valence-corrected chi connectivity index (χ2v) is 5.14. The lowest BCUT2D eigenvalue weighted by molar-refractivity contribution is 0.132. The van der Waals surface area contributed by atoms with Crippen molar-refractivity contribution in [3.05, 3.63) is 42.0 Å². The standard InChI is InChI=1S/C16H25N3/c1-4-18-9-11-19(12-10-18)13-15-5-7-16(8-6-15)14(2)17-3/h5-8,17H,2,4,9-13H2,1,3H3. The van der Waals surface area contributed by atoms with Crippen LogP contribution in [0.1, 0.15) is 18.1 Å². The summed E-state index contributed by atoms with van der Waals surface area (Å²) in [7, 11) is 1.91. The van der Waals surface area contributed by atoms with Crippen molar-refractivity contribution < 1.29 is 0 Å². The van der Waals surface area contributed by atoms with E-state index in [4.69, 9.17) is 0 Å². The molecule has 1 aliphatic heterocycles. The first-order valence-electron chi connectivity index (χ1n) is 7.13. The molecular formula is C16H25N3. The van der Waals surface area contributed by atoms with E-state index < -0.39 is 0 Å². The molecule has 0 spiro atoms. The van der Waals surface area contributed by atoms with Gasteiger partial charge < -0.3 is 10.2 Å². The molecule has 104 valence electrons. The van der Waals surface area contributed by atoms with Crippen molar-refractivity contribution in [2.75, 3.05) is 39.8 Å². The Balaban J connectivity index is 1.88. The number of nitrogens with one attached hydrogen (secondary N) is 1. The number of likely N-dealkylation sites (N-methyl/N-ethyl adjacent to an activating group) is 1. The van der Waals surface area contributed by atoms with E-state index in [9.17, 15) is 0 Å². The van der Waals surface area contributed by atoms with Crippen LogP contribution in [0.15, 0.2) is 30.8 Å². The van der Waals surface area contributed by atoms with Crippen molar-refractivity contribution >= 4 is 5.70 Å². The lowest BCUT2D eigenvalue weighted by atomic mass is 10.1. The zero-order valence-electron chi connectivity index (χ0n) is 12.2. The molecule has 19 heavy (non-hydrogen) atoms. The monoisotopic (exact) mass is 259 g/mol. The Bertz CT molecular complexity index is 403. The van der Waals surface area contributed by atoms with Crippen molar-refractivity contribution in [3.8, 4) is 0 Å². The van der Waals surface area contributed by atoms with E-state index >= 15 is 0 Å². The van der Waals surface area contributed by atoms with E-state index in [1.807, 2.05) is 7.05 Å². The van der Waals surface area contributed by atoms with Crippen LogP contribution in [0.2, 0.25) is 0 Å². The molecule has 0 atom stereocenters. The average Bonchev–Trinajstić information content (AvgIpc) is 2.48. The highest BCUT2D eigenvalue weighted by Gasteiger charge is 2.15. The maximum Gasteiger partial charge on any atom is 0.0338 e. The van der Waals surface area contributed by atoms with Crippen LogP contribution in [0.4, 0.5) is 0 Å². The van der Waals surface area contributed by atoms with Crippen LogP contribution in [0.3, 0.4) is 0 Å². The molecule has 1 fully saturated rings. The van der Waals surface area contributed by atoms with Crippen LogP contribution in [-0.2, 0) is 6.54 Å². The van der Waals surface area contributed by atoms with Gasteiger partial charge in [0.05, 0.1) is 0 Å². The molecule has 1 aromatic rings. The fourth-order valence-electron chi connectivity index (χ4n) is 2.48. The van der Waals surface area contributed by atoms with Crippen LogP contribution < -0.4 is 5.32 Å². The predicted octanol–water partition coefficient (Wildman–Crippen LogP) is 2.01. The van der Waals surface area contributed by atoms with E-state index in [2.05, 4.69) is 52.9 Å². The van der Waals surface area contributed by atoms with Gasteiger partial charge in [0, 0.05) is 45.5 Å². The Kier molecular flexibility index (Phi) is 5.00. The maximum absolute atomic E-state index is 3.98. The molecule has 0 amide bonds. The van der Waals surface area contributed by atoms with Crippen molar-refractivity contribution in [2.45, 2.75) is 13.5 Å². The molecule has 1 N–H and O–H groups in total. The van der Waals surface area contributed by atoms with E-state index in [0.717, 1.165) is 12.2 Å². The summed E-state index contributed by atoms with van der Waals surface area (Å²) in [5.41, 5.74) is 3.53. The molecule has 1 aromatic carbocycles. The Morgan fingerprint density at radius 3 is 2.21 bits per heavy atom. The van der Waals surface area contributed by atoms with Gasteiger partial charge in [0.15, 0.2) is 0 Å². The SMILES string of the molecule is C=C(NC)c1ccc(CN2CCN(CC)CC2)cc1. The lowest BCUT2D eigenvalue weighted by Crippen LogP contribution is -2.45. The summed E-state index contributed by atoms with van der Waals surface area (Å²) in [6.45, 7) is 13.2. The van der Waals surface area contributed by atoms with Crippen LogP contribution in [-0.4, -0.2) is 49.6 Å². The zero-order chi connectivity index (χ0) is 13.7. The molecule has 1 heterocycles. The van der Waals surface area contributed by atoms with Gasteiger partial charge in [-0.25, -0.2) is 0 Å². The molecule has 2 rings (SSSR count). The Morgan fingerprint density at radius 2 is 1.68 bits per heavy atom. The molecule has 0 aromatic heterocycles. The van der Waals surface area contributed by atoms with Gasteiger partial charge >= 0.3 is 0 Å². The molecule has 1 saturated heterocycles. The minimum absolute atomic E-state index is 0.975. The third kappa shape index (κ3) is 3.82. The van der Waals surface area contributed by atoms with Gasteiger partial charge in [0.2, 0.25) is 0 Å². The second kappa shape index (κ2) is 6.73. The minimum Gasteiger partial charge on any atom is -0.388 e. The topological polar surface area (TPSA) is 18.5 Å². The van der Waals surface area contributed by atoms with Crippen molar-refractivity contribution in [3.63, 3.8) is 0 Å².